The van der Waals surface area contributed by atoms with Crippen LogP contribution >= 0.6 is 0 Å². The number of hydrogen-bond acceptors (Lipinski definition) is 3. The summed E-state index contributed by atoms with van der Waals surface area (Å²) in [5, 5.41) is 3.51. The Labute approximate surface area is 129 Å². The van der Waals surface area contributed by atoms with Gasteiger partial charge in [-0.05, 0) is 43.9 Å². The van der Waals surface area contributed by atoms with Gasteiger partial charge in [-0.15, -0.1) is 0 Å². The van der Waals surface area contributed by atoms with Crippen molar-refractivity contribution in [3.8, 4) is 11.5 Å². The first kappa shape index (κ1) is 16.2. The van der Waals surface area contributed by atoms with E-state index >= 15 is 0 Å². The summed E-state index contributed by atoms with van der Waals surface area (Å²) < 4.78 is 11.2. The maximum Gasteiger partial charge on any atom is 0.127 e. The largest absolute Gasteiger partial charge is 0.496 e. The second-order valence-corrected chi connectivity index (χ2v) is 6.03. The van der Waals surface area contributed by atoms with Gasteiger partial charge in [0.25, 0.3) is 0 Å². The Kier molecular flexibility index (Phi) is 5.92. The lowest BCUT2D eigenvalue weighted by Crippen LogP contribution is -2.29. The minimum atomic E-state index is 0.300. The van der Waals surface area contributed by atoms with Crippen molar-refractivity contribution < 1.29 is 9.47 Å². The summed E-state index contributed by atoms with van der Waals surface area (Å²) in [4.78, 5) is 0. The molecule has 0 bridgehead atoms. The van der Waals surface area contributed by atoms with Crippen LogP contribution in [0.4, 0.5) is 0 Å². The molecule has 3 heteroatoms. The zero-order chi connectivity index (χ0) is 15.2. The summed E-state index contributed by atoms with van der Waals surface area (Å²) >= 11 is 0. The van der Waals surface area contributed by atoms with E-state index in [0.29, 0.717) is 12.0 Å². The number of benzene rings is 1. The fourth-order valence-electron chi connectivity index (χ4n) is 3.73. The second-order valence-electron chi connectivity index (χ2n) is 6.03. The molecule has 1 aromatic rings. The van der Waals surface area contributed by atoms with Crippen molar-refractivity contribution >= 4 is 0 Å². The van der Waals surface area contributed by atoms with E-state index in [4.69, 9.17) is 9.47 Å². The van der Waals surface area contributed by atoms with Crippen molar-refractivity contribution in [1.29, 1.82) is 0 Å². The van der Waals surface area contributed by atoms with Gasteiger partial charge in [0, 0.05) is 6.04 Å². The summed E-state index contributed by atoms with van der Waals surface area (Å²) in [5.41, 5.74) is 1.17. The highest BCUT2D eigenvalue weighted by Crippen LogP contribution is 2.43. The topological polar surface area (TPSA) is 30.5 Å². The average Bonchev–Trinajstić information content (AvgIpc) is 2.56. The fraction of sp³-hybridized carbons (Fsp3) is 0.667. The van der Waals surface area contributed by atoms with Gasteiger partial charge in [-0.3, -0.25) is 0 Å². The molecule has 21 heavy (non-hydrogen) atoms. The van der Waals surface area contributed by atoms with E-state index in [9.17, 15) is 0 Å². The van der Waals surface area contributed by atoms with Gasteiger partial charge in [0.2, 0.25) is 0 Å². The van der Waals surface area contributed by atoms with Crippen LogP contribution in [0.15, 0.2) is 18.2 Å². The molecular formula is C18H29NO2. The molecule has 1 N–H and O–H groups in total. The number of rotatable bonds is 6. The normalized spacial score (nSPS) is 23.6. The Morgan fingerprint density at radius 1 is 1.10 bits per heavy atom. The zero-order valence-electron chi connectivity index (χ0n) is 13.8. The van der Waals surface area contributed by atoms with Crippen LogP contribution in [-0.2, 0) is 0 Å². The van der Waals surface area contributed by atoms with Gasteiger partial charge in [0.15, 0.2) is 0 Å². The van der Waals surface area contributed by atoms with Crippen LogP contribution in [0.25, 0.3) is 0 Å². The SMILES string of the molecule is CCC1CCC(C(NC)c2c(OC)cccc2OC)CC1. The van der Waals surface area contributed by atoms with Gasteiger partial charge in [-0.25, -0.2) is 0 Å². The molecule has 0 heterocycles. The van der Waals surface area contributed by atoms with Crippen molar-refractivity contribution in [3.05, 3.63) is 23.8 Å². The predicted molar refractivity (Wildman–Crippen MR) is 87.1 cm³/mol. The smallest absolute Gasteiger partial charge is 0.127 e. The molecule has 118 valence electrons. The monoisotopic (exact) mass is 291 g/mol. The van der Waals surface area contributed by atoms with Crippen molar-refractivity contribution in [3.63, 3.8) is 0 Å². The molecule has 0 saturated heterocycles. The number of hydrogen-bond donors (Lipinski definition) is 1. The van der Waals surface area contributed by atoms with E-state index in [2.05, 4.69) is 12.2 Å². The Bertz CT molecular complexity index is 417. The van der Waals surface area contributed by atoms with E-state index in [1.54, 1.807) is 14.2 Å². The van der Waals surface area contributed by atoms with E-state index in [1.807, 2.05) is 25.2 Å². The summed E-state index contributed by atoms with van der Waals surface area (Å²) in [5.74, 6) is 3.42. The first-order valence-electron chi connectivity index (χ1n) is 8.13. The molecule has 1 unspecified atom stereocenters. The van der Waals surface area contributed by atoms with Crippen LogP contribution in [0.5, 0.6) is 11.5 Å². The lowest BCUT2D eigenvalue weighted by atomic mass is 9.75. The van der Waals surface area contributed by atoms with Gasteiger partial charge in [0.05, 0.1) is 19.8 Å². The molecule has 1 aliphatic rings. The third-order valence-electron chi connectivity index (χ3n) is 5.03. The van der Waals surface area contributed by atoms with E-state index in [1.165, 1.54) is 37.7 Å². The standard InChI is InChI=1S/C18H29NO2/c1-5-13-9-11-14(12-10-13)18(19-2)17-15(20-3)7-6-8-16(17)21-4/h6-8,13-14,18-19H,5,9-12H2,1-4H3. The maximum absolute atomic E-state index is 5.58. The highest BCUT2D eigenvalue weighted by molar-refractivity contribution is 5.47. The summed E-state index contributed by atoms with van der Waals surface area (Å²) in [7, 11) is 5.51. The molecule has 0 spiro atoms. The molecule has 1 atom stereocenters. The molecule has 0 aromatic heterocycles. The molecular weight excluding hydrogens is 262 g/mol. The number of ether oxygens (including phenoxy) is 2. The number of methoxy groups -OCH3 is 2. The summed E-state index contributed by atoms with van der Waals surface area (Å²) in [6.07, 6.45) is 6.57. The van der Waals surface area contributed by atoms with E-state index in [-0.39, 0.29) is 0 Å². The van der Waals surface area contributed by atoms with Crippen LogP contribution in [0.1, 0.15) is 50.6 Å². The molecule has 1 saturated carbocycles. The quantitative estimate of drug-likeness (QED) is 0.853. The summed E-state index contributed by atoms with van der Waals surface area (Å²) in [6, 6.07) is 6.34. The molecule has 1 aromatic carbocycles. The molecule has 2 rings (SSSR count). The minimum Gasteiger partial charge on any atom is -0.496 e. The Morgan fingerprint density at radius 2 is 1.67 bits per heavy atom. The molecule has 0 amide bonds. The fourth-order valence-corrected chi connectivity index (χ4v) is 3.73. The number of nitrogens with one attached hydrogen (secondary N) is 1. The lowest BCUT2D eigenvalue weighted by molar-refractivity contribution is 0.218. The van der Waals surface area contributed by atoms with Gasteiger partial charge in [-0.1, -0.05) is 32.3 Å². The summed E-state index contributed by atoms with van der Waals surface area (Å²) in [6.45, 7) is 2.31. The second kappa shape index (κ2) is 7.69. The highest BCUT2D eigenvalue weighted by Gasteiger charge is 2.30. The van der Waals surface area contributed by atoms with E-state index < -0.39 is 0 Å². The van der Waals surface area contributed by atoms with Crippen LogP contribution in [0.3, 0.4) is 0 Å². The Hall–Kier alpha value is -1.22. The average molecular weight is 291 g/mol. The van der Waals surface area contributed by atoms with Crippen molar-refractivity contribution in [2.75, 3.05) is 21.3 Å². The van der Waals surface area contributed by atoms with Crippen LogP contribution in [0.2, 0.25) is 0 Å². The molecule has 3 nitrogen and oxygen atoms in total. The lowest BCUT2D eigenvalue weighted by Gasteiger charge is -2.34. The Morgan fingerprint density at radius 3 is 2.10 bits per heavy atom. The van der Waals surface area contributed by atoms with Gasteiger partial charge < -0.3 is 14.8 Å². The maximum atomic E-state index is 5.58. The van der Waals surface area contributed by atoms with Crippen LogP contribution < -0.4 is 14.8 Å². The first-order valence-corrected chi connectivity index (χ1v) is 8.13. The van der Waals surface area contributed by atoms with Crippen LogP contribution in [0, 0.1) is 11.8 Å². The third-order valence-corrected chi connectivity index (χ3v) is 5.03. The molecule has 1 fully saturated rings. The van der Waals surface area contributed by atoms with Crippen molar-refractivity contribution in [1.82, 2.24) is 5.32 Å². The zero-order valence-corrected chi connectivity index (χ0v) is 13.8. The van der Waals surface area contributed by atoms with E-state index in [0.717, 1.165) is 17.4 Å². The highest BCUT2D eigenvalue weighted by atomic mass is 16.5. The molecule has 1 aliphatic carbocycles. The van der Waals surface area contributed by atoms with Crippen molar-refractivity contribution in [2.24, 2.45) is 11.8 Å². The van der Waals surface area contributed by atoms with Gasteiger partial charge in [-0.2, -0.15) is 0 Å². The first-order chi connectivity index (χ1) is 10.2. The Balaban J connectivity index is 2.25. The van der Waals surface area contributed by atoms with Gasteiger partial charge in [0.1, 0.15) is 11.5 Å². The third kappa shape index (κ3) is 3.52. The predicted octanol–water partition coefficient (Wildman–Crippen LogP) is 4.18. The molecule has 0 aliphatic heterocycles. The van der Waals surface area contributed by atoms with Crippen molar-refractivity contribution in [2.45, 2.75) is 45.1 Å². The van der Waals surface area contributed by atoms with Crippen LogP contribution in [-0.4, -0.2) is 21.3 Å². The van der Waals surface area contributed by atoms with Gasteiger partial charge >= 0.3 is 0 Å². The molecule has 0 radical (unpaired) electrons. The minimum absolute atomic E-state index is 0.300.